The van der Waals surface area contributed by atoms with E-state index in [0.29, 0.717) is 13.0 Å². The molecule has 0 bridgehead atoms. The van der Waals surface area contributed by atoms with Crippen molar-refractivity contribution in [2.24, 2.45) is 11.1 Å². The van der Waals surface area contributed by atoms with Crippen molar-refractivity contribution in [3.05, 3.63) is 54.3 Å². The molecule has 0 saturated carbocycles. The molecule has 23 heavy (non-hydrogen) atoms. The summed E-state index contributed by atoms with van der Waals surface area (Å²) in [6, 6.07) is 0. The van der Waals surface area contributed by atoms with Crippen LogP contribution in [0, 0.1) is 5.41 Å². The quantitative estimate of drug-likeness (QED) is 0.709. The lowest BCUT2D eigenvalue weighted by atomic mass is 9.90. The molecule has 2 N–H and O–H groups in total. The molecule has 126 valence electrons. The first-order chi connectivity index (χ1) is 10.8. The monoisotopic (exact) mass is 318 g/mol. The molecule has 1 unspecified atom stereocenters. The first kappa shape index (κ1) is 18.9. The lowest BCUT2D eigenvalue weighted by molar-refractivity contribution is -0.123. The highest BCUT2D eigenvalue weighted by atomic mass is 16.5. The van der Waals surface area contributed by atoms with E-state index in [1.807, 2.05) is 44.2 Å². The van der Waals surface area contributed by atoms with Crippen LogP contribution in [0.3, 0.4) is 0 Å². The van der Waals surface area contributed by atoms with Crippen LogP contribution >= 0.6 is 0 Å². The number of allylic oxidation sites excluding steroid dienone is 4. The minimum atomic E-state index is -0.654. The number of carbonyl (C=O) groups excluding carboxylic acids is 1. The third kappa shape index (κ3) is 7.10. The Kier molecular flexibility index (Phi) is 7.48. The van der Waals surface area contributed by atoms with Gasteiger partial charge in [-0.3, -0.25) is 4.79 Å². The summed E-state index contributed by atoms with van der Waals surface area (Å²) < 4.78 is 10.9. The number of rotatable bonds is 9. The zero-order chi connectivity index (χ0) is 17.3. The molecule has 0 aromatic carbocycles. The summed E-state index contributed by atoms with van der Waals surface area (Å²) in [5.74, 6) is 0.445. The summed E-state index contributed by atoms with van der Waals surface area (Å²) in [7, 11) is 0. The second-order valence-electron chi connectivity index (χ2n) is 5.88. The molecule has 1 aromatic rings. The molecular formula is C18H26N2O3. The van der Waals surface area contributed by atoms with E-state index in [1.54, 1.807) is 20.0 Å². The van der Waals surface area contributed by atoms with E-state index in [0.717, 1.165) is 11.3 Å². The number of primary amides is 1. The molecule has 5 nitrogen and oxygen atoms in total. The molecule has 0 spiro atoms. The van der Waals surface area contributed by atoms with Crippen LogP contribution in [0.5, 0.6) is 0 Å². The van der Waals surface area contributed by atoms with Crippen molar-refractivity contribution in [3.8, 4) is 0 Å². The fourth-order valence-electron chi connectivity index (χ4n) is 2.02. The maximum absolute atomic E-state index is 11.3. The second-order valence-corrected chi connectivity index (χ2v) is 5.88. The fourth-order valence-corrected chi connectivity index (χ4v) is 2.02. The van der Waals surface area contributed by atoms with Gasteiger partial charge in [-0.15, -0.1) is 0 Å². The van der Waals surface area contributed by atoms with Crippen molar-refractivity contribution in [3.63, 3.8) is 0 Å². The highest BCUT2D eigenvalue weighted by Gasteiger charge is 2.21. The van der Waals surface area contributed by atoms with Crippen molar-refractivity contribution < 1.29 is 13.9 Å². The van der Waals surface area contributed by atoms with Crippen LogP contribution in [-0.2, 0) is 16.0 Å². The van der Waals surface area contributed by atoms with Crippen molar-refractivity contribution in [2.45, 2.75) is 40.2 Å². The number of nitrogens with two attached hydrogens (primary N) is 1. The van der Waals surface area contributed by atoms with Crippen LogP contribution < -0.4 is 5.73 Å². The lowest BCUT2D eigenvalue weighted by Crippen LogP contribution is -2.29. The summed E-state index contributed by atoms with van der Waals surface area (Å²) in [5.41, 5.74) is 5.68. The maximum atomic E-state index is 11.3. The van der Waals surface area contributed by atoms with Gasteiger partial charge in [0, 0.05) is 13.0 Å². The largest absolute Gasteiger partial charge is 0.448 e. The van der Waals surface area contributed by atoms with E-state index in [4.69, 9.17) is 14.9 Å². The van der Waals surface area contributed by atoms with Gasteiger partial charge in [-0.25, -0.2) is 4.98 Å². The van der Waals surface area contributed by atoms with Crippen LogP contribution in [0.25, 0.3) is 0 Å². The number of nitrogens with zero attached hydrogens (tertiary/aromatic N) is 1. The van der Waals surface area contributed by atoms with E-state index in [2.05, 4.69) is 4.98 Å². The minimum absolute atomic E-state index is 0.0658. The molecule has 5 heteroatoms. The molecular weight excluding hydrogens is 292 g/mol. The summed E-state index contributed by atoms with van der Waals surface area (Å²) >= 11 is 0. The van der Waals surface area contributed by atoms with Gasteiger partial charge in [0.15, 0.2) is 6.39 Å². The molecule has 0 radical (unpaired) electrons. The first-order valence-electron chi connectivity index (χ1n) is 7.68. The van der Waals surface area contributed by atoms with E-state index >= 15 is 0 Å². The normalized spacial score (nSPS) is 14.7. The highest BCUT2D eigenvalue weighted by molar-refractivity contribution is 5.82. The Balaban J connectivity index is 2.63. The zero-order valence-corrected chi connectivity index (χ0v) is 14.3. The zero-order valence-electron chi connectivity index (χ0n) is 14.3. The lowest BCUT2D eigenvalue weighted by Gasteiger charge is -2.15. The van der Waals surface area contributed by atoms with Gasteiger partial charge in [0.1, 0.15) is 5.76 Å². The molecule has 1 aromatic heterocycles. The molecule has 1 rings (SSSR count). The average molecular weight is 318 g/mol. The number of ether oxygens (including phenoxy) is 1. The Labute approximate surface area is 137 Å². The average Bonchev–Trinajstić information content (AvgIpc) is 2.96. The van der Waals surface area contributed by atoms with E-state index in [9.17, 15) is 4.79 Å². The molecule has 0 aliphatic heterocycles. The molecule has 1 heterocycles. The molecule has 1 atom stereocenters. The van der Waals surface area contributed by atoms with Crippen molar-refractivity contribution in [1.82, 2.24) is 4.98 Å². The van der Waals surface area contributed by atoms with Crippen LogP contribution in [-0.4, -0.2) is 23.6 Å². The Morgan fingerprint density at radius 2 is 2.22 bits per heavy atom. The standard InChI is InChI=1S/C18H26N2O3/c1-5-22-15(10-16-12-20-13-23-16)9-7-6-8-14(2)11-18(3,4)17(19)21/h6-9,11-13,15H,5,10H2,1-4H3,(H2,19,21)/b8-6+,9-7+,14-11+. The van der Waals surface area contributed by atoms with Gasteiger partial charge in [0.2, 0.25) is 5.91 Å². The summed E-state index contributed by atoms with van der Waals surface area (Å²) in [6.07, 6.45) is 13.3. The van der Waals surface area contributed by atoms with Crippen LogP contribution in [0.2, 0.25) is 0 Å². The molecule has 1 amide bonds. The van der Waals surface area contributed by atoms with Gasteiger partial charge in [0.25, 0.3) is 0 Å². The topological polar surface area (TPSA) is 78.4 Å². The molecule has 0 aliphatic rings. The van der Waals surface area contributed by atoms with Gasteiger partial charge in [-0.05, 0) is 27.7 Å². The SMILES string of the molecule is CCOC(/C=C/C=C/C(C)=C/C(C)(C)C(N)=O)Cc1cnco1. The maximum Gasteiger partial charge on any atom is 0.226 e. The Morgan fingerprint density at radius 3 is 2.78 bits per heavy atom. The van der Waals surface area contributed by atoms with Crippen molar-refractivity contribution in [2.75, 3.05) is 6.61 Å². The van der Waals surface area contributed by atoms with Gasteiger partial charge >= 0.3 is 0 Å². The highest BCUT2D eigenvalue weighted by Crippen LogP contribution is 2.18. The summed E-state index contributed by atoms with van der Waals surface area (Å²) in [6.45, 7) is 8.11. The summed E-state index contributed by atoms with van der Waals surface area (Å²) in [4.78, 5) is 15.2. The summed E-state index contributed by atoms with van der Waals surface area (Å²) in [5, 5.41) is 0. The van der Waals surface area contributed by atoms with Crippen LogP contribution in [0.4, 0.5) is 0 Å². The minimum Gasteiger partial charge on any atom is -0.448 e. The number of aromatic nitrogens is 1. The van der Waals surface area contributed by atoms with Gasteiger partial charge in [-0.1, -0.05) is 36.0 Å². The van der Waals surface area contributed by atoms with Gasteiger partial charge in [0.05, 0.1) is 17.7 Å². The number of amides is 1. The molecule has 0 saturated heterocycles. The number of hydrogen-bond donors (Lipinski definition) is 1. The Morgan fingerprint density at radius 1 is 1.48 bits per heavy atom. The molecule has 0 fully saturated rings. The first-order valence-corrected chi connectivity index (χ1v) is 7.68. The van der Waals surface area contributed by atoms with Crippen LogP contribution in [0.15, 0.2) is 53.0 Å². The smallest absolute Gasteiger partial charge is 0.226 e. The Hall–Kier alpha value is -2.14. The van der Waals surface area contributed by atoms with Crippen molar-refractivity contribution >= 4 is 5.91 Å². The van der Waals surface area contributed by atoms with E-state index < -0.39 is 5.41 Å². The van der Waals surface area contributed by atoms with E-state index in [1.165, 1.54) is 6.39 Å². The predicted octanol–water partition coefficient (Wildman–Crippen LogP) is 3.19. The van der Waals surface area contributed by atoms with Gasteiger partial charge < -0.3 is 14.9 Å². The molecule has 0 aliphatic carbocycles. The third-order valence-electron chi connectivity index (χ3n) is 3.29. The number of oxazole rings is 1. The second kappa shape index (κ2) is 9.10. The predicted molar refractivity (Wildman–Crippen MR) is 90.6 cm³/mol. The van der Waals surface area contributed by atoms with Crippen LogP contribution in [0.1, 0.15) is 33.5 Å². The third-order valence-corrected chi connectivity index (χ3v) is 3.29. The number of carbonyl (C=O) groups is 1. The Bertz CT molecular complexity index is 569. The van der Waals surface area contributed by atoms with E-state index in [-0.39, 0.29) is 12.0 Å². The number of hydrogen-bond acceptors (Lipinski definition) is 4. The van der Waals surface area contributed by atoms with Crippen molar-refractivity contribution in [1.29, 1.82) is 0 Å². The fraction of sp³-hybridized carbons (Fsp3) is 0.444. The van der Waals surface area contributed by atoms with Gasteiger partial charge in [-0.2, -0.15) is 0 Å².